The number of sulfonamides is 1. The van der Waals surface area contributed by atoms with E-state index in [-0.39, 0.29) is 0 Å². The normalized spacial score (nSPS) is 11.6. The highest BCUT2D eigenvalue weighted by atomic mass is 32.2. The Balaban J connectivity index is 1.81. The molecule has 130 valence electrons. The van der Waals surface area contributed by atoms with Gasteiger partial charge in [0.2, 0.25) is 10.0 Å². The molecule has 0 spiro atoms. The van der Waals surface area contributed by atoms with Gasteiger partial charge in [0, 0.05) is 11.4 Å². The summed E-state index contributed by atoms with van der Waals surface area (Å²) in [7, 11) is -3.43. The second-order valence-corrected chi connectivity index (χ2v) is 8.87. The minimum absolute atomic E-state index is 0.423. The third-order valence-corrected chi connectivity index (χ3v) is 6.61. The van der Waals surface area contributed by atoms with Gasteiger partial charge in [-0.25, -0.2) is 13.1 Å². The fourth-order valence-corrected chi connectivity index (χ4v) is 5.26. The number of unbranched alkanes of at least 4 members (excludes halogenated alkanes) is 1. The zero-order valence-corrected chi connectivity index (χ0v) is 16.1. The Hall–Kier alpha value is -1.30. The molecular weight excluding hydrogens is 338 g/mol. The summed E-state index contributed by atoms with van der Waals surface area (Å²) in [6, 6.07) is 14.1. The van der Waals surface area contributed by atoms with Crippen LogP contribution >= 0.6 is 11.8 Å². The number of nitrogens with one attached hydrogen (secondary N) is 1. The molecule has 5 heteroatoms. The van der Waals surface area contributed by atoms with Crippen molar-refractivity contribution in [3.05, 3.63) is 59.2 Å². The van der Waals surface area contributed by atoms with Gasteiger partial charge in [-0.1, -0.05) is 35.9 Å². The maximum atomic E-state index is 12.5. The maximum Gasteiger partial charge on any atom is 0.241 e. The summed E-state index contributed by atoms with van der Waals surface area (Å²) in [4.78, 5) is 1.68. The van der Waals surface area contributed by atoms with Crippen molar-refractivity contribution in [2.45, 2.75) is 43.4 Å². The van der Waals surface area contributed by atoms with Crippen LogP contribution in [0.1, 0.15) is 29.5 Å². The number of thioether (sulfide) groups is 1. The Labute approximate surface area is 149 Å². The highest BCUT2D eigenvalue weighted by Gasteiger charge is 2.19. The van der Waals surface area contributed by atoms with Gasteiger partial charge in [0.05, 0.1) is 4.90 Å². The first-order valence-corrected chi connectivity index (χ1v) is 10.6. The van der Waals surface area contributed by atoms with Gasteiger partial charge in [0.25, 0.3) is 0 Å². The molecule has 2 aromatic carbocycles. The molecule has 0 amide bonds. The van der Waals surface area contributed by atoms with E-state index in [0.717, 1.165) is 35.3 Å². The highest BCUT2D eigenvalue weighted by Crippen LogP contribution is 2.22. The van der Waals surface area contributed by atoms with Crippen molar-refractivity contribution in [3.63, 3.8) is 0 Å². The van der Waals surface area contributed by atoms with E-state index in [4.69, 9.17) is 0 Å². The molecule has 0 radical (unpaired) electrons. The average molecular weight is 364 g/mol. The molecular formula is C19H25NO2S2. The van der Waals surface area contributed by atoms with Gasteiger partial charge in [-0.15, -0.1) is 11.8 Å². The van der Waals surface area contributed by atoms with Crippen LogP contribution in [-0.2, 0) is 10.0 Å². The fourth-order valence-electron chi connectivity index (χ4n) is 2.80. The van der Waals surface area contributed by atoms with Crippen LogP contribution in [0.15, 0.2) is 52.3 Å². The highest BCUT2D eigenvalue weighted by molar-refractivity contribution is 7.99. The summed E-state index contributed by atoms with van der Waals surface area (Å²) in [5.74, 6) is 0.994. The van der Waals surface area contributed by atoms with Gasteiger partial charge >= 0.3 is 0 Å². The molecule has 0 unspecified atom stereocenters. The van der Waals surface area contributed by atoms with E-state index >= 15 is 0 Å². The van der Waals surface area contributed by atoms with Gasteiger partial charge in [0.15, 0.2) is 0 Å². The van der Waals surface area contributed by atoms with Crippen molar-refractivity contribution in [2.75, 3.05) is 12.3 Å². The van der Waals surface area contributed by atoms with Crippen LogP contribution in [0.4, 0.5) is 0 Å². The summed E-state index contributed by atoms with van der Waals surface area (Å²) in [5, 5.41) is 0. The molecule has 0 aliphatic heterocycles. The monoisotopic (exact) mass is 363 g/mol. The zero-order chi connectivity index (χ0) is 17.6. The van der Waals surface area contributed by atoms with Gasteiger partial charge in [-0.2, -0.15) is 0 Å². The molecule has 0 heterocycles. The van der Waals surface area contributed by atoms with Crippen molar-refractivity contribution in [2.24, 2.45) is 0 Å². The smallest absolute Gasteiger partial charge is 0.211 e. The van der Waals surface area contributed by atoms with Crippen LogP contribution in [0, 0.1) is 20.8 Å². The van der Waals surface area contributed by atoms with Crippen LogP contribution in [-0.4, -0.2) is 20.7 Å². The Kier molecular flexibility index (Phi) is 6.90. The standard InChI is InChI=1S/C19H25NO2S2/c1-15-13-16(2)19(17(3)14-15)24(21,22)20-11-7-8-12-23-18-9-5-4-6-10-18/h4-6,9-10,13-14,20H,7-8,11-12H2,1-3H3. The first kappa shape index (κ1) is 19.0. The van der Waals surface area contributed by atoms with Gasteiger partial charge in [-0.05, 0) is 62.6 Å². The number of hydrogen-bond acceptors (Lipinski definition) is 3. The molecule has 0 fully saturated rings. The zero-order valence-electron chi connectivity index (χ0n) is 14.5. The van der Waals surface area contributed by atoms with Crippen molar-refractivity contribution in [3.8, 4) is 0 Å². The molecule has 0 aliphatic carbocycles. The van der Waals surface area contributed by atoms with E-state index in [1.165, 1.54) is 4.90 Å². The van der Waals surface area contributed by atoms with Crippen molar-refractivity contribution in [1.29, 1.82) is 0 Å². The SMILES string of the molecule is Cc1cc(C)c(S(=O)(=O)NCCCCSc2ccccc2)c(C)c1. The molecule has 1 N–H and O–H groups in total. The van der Waals surface area contributed by atoms with E-state index in [0.29, 0.717) is 11.4 Å². The molecule has 0 aromatic heterocycles. The van der Waals surface area contributed by atoms with Crippen LogP contribution in [0.3, 0.4) is 0 Å². The van der Waals surface area contributed by atoms with Crippen LogP contribution in [0.25, 0.3) is 0 Å². The lowest BCUT2D eigenvalue weighted by Crippen LogP contribution is -2.26. The van der Waals surface area contributed by atoms with E-state index in [1.807, 2.05) is 51.1 Å². The molecule has 0 saturated carbocycles. The molecule has 3 nitrogen and oxygen atoms in total. The summed E-state index contributed by atoms with van der Waals surface area (Å²) in [6.45, 7) is 6.16. The van der Waals surface area contributed by atoms with E-state index in [9.17, 15) is 8.42 Å². The number of hydrogen-bond donors (Lipinski definition) is 1. The quantitative estimate of drug-likeness (QED) is 0.556. The average Bonchev–Trinajstić information content (AvgIpc) is 2.50. The predicted octanol–water partition coefficient (Wildman–Crippen LogP) is 4.46. The first-order chi connectivity index (χ1) is 11.4. The fraction of sp³-hybridized carbons (Fsp3) is 0.368. The molecule has 0 bridgehead atoms. The Morgan fingerprint density at radius 1 is 0.958 bits per heavy atom. The molecule has 0 saturated heterocycles. The van der Waals surface area contributed by atoms with Crippen molar-refractivity contribution >= 4 is 21.8 Å². The summed E-state index contributed by atoms with van der Waals surface area (Å²) in [5.41, 5.74) is 2.70. The Morgan fingerprint density at radius 3 is 2.21 bits per heavy atom. The Morgan fingerprint density at radius 2 is 1.58 bits per heavy atom. The topological polar surface area (TPSA) is 46.2 Å². The van der Waals surface area contributed by atoms with E-state index in [2.05, 4.69) is 16.9 Å². The third kappa shape index (κ3) is 5.36. The minimum atomic E-state index is -3.43. The molecule has 2 rings (SSSR count). The minimum Gasteiger partial charge on any atom is -0.211 e. The van der Waals surface area contributed by atoms with Gasteiger partial charge < -0.3 is 0 Å². The van der Waals surface area contributed by atoms with E-state index < -0.39 is 10.0 Å². The lowest BCUT2D eigenvalue weighted by Gasteiger charge is -2.13. The maximum absolute atomic E-state index is 12.5. The lowest BCUT2D eigenvalue weighted by molar-refractivity contribution is 0.577. The van der Waals surface area contributed by atoms with Crippen molar-refractivity contribution in [1.82, 2.24) is 4.72 Å². The number of benzene rings is 2. The molecule has 0 aliphatic rings. The third-order valence-electron chi connectivity index (χ3n) is 3.75. The molecule has 2 aromatic rings. The number of rotatable bonds is 8. The second-order valence-electron chi connectivity index (χ2n) is 5.99. The predicted molar refractivity (Wildman–Crippen MR) is 102 cm³/mol. The summed E-state index contributed by atoms with van der Waals surface area (Å²) < 4.78 is 27.8. The van der Waals surface area contributed by atoms with Crippen LogP contribution < -0.4 is 4.72 Å². The van der Waals surface area contributed by atoms with E-state index in [1.54, 1.807) is 11.8 Å². The lowest BCUT2D eigenvalue weighted by atomic mass is 10.1. The second kappa shape index (κ2) is 8.70. The largest absolute Gasteiger partial charge is 0.241 e. The molecule has 0 atom stereocenters. The van der Waals surface area contributed by atoms with Crippen molar-refractivity contribution < 1.29 is 8.42 Å². The molecule has 24 heavy (non-hydrogen) atoms. The van der Waals surface area contributed by atoms with Gasteiger partial charge in [0.1, 0.15) is 0 Å². The summed E-state index contributed by atoms with van der Waals surface area (Å²) >= 11 is 1.80. The summed E-state index contributed by atoms with van der Waals surface area (Å²) in [6.07, 6.45) is 1.82. The Bertz CT molecular complexity index is 748. The van der Waals surface area contributed by atoms with Crippen LogP contribution in [0.5, 0.6) is 0 Å². The first-order valence-electron chi connectivity index (χ1n) is 8.15. The van der Waals surface area contributed by atoms with Gasteiger partial charge in [-0.3, -0.25) is 0 Å². The number of aryl methyl sites for hydroxylation is 3. The van der Waals surface area contributed by atoms with Crippen LogP contribution in [0.2, 0.25) is 0 Å².